The summed E-state index contributed by atoms with van der Waals surface area (Å²) in [5, 5.41) is 8.01. The zero-order valence-corrected chi connectivity index (χ0v) is 11.4. The molecule has 0 aliphatic heterocycles. The molecule has 106 valence electrons. The number of H-pyrrole nitrogens is 2. The molecule has 0 unspecified atom stereocenters. The molecular weight excluding hydrogens is 256 g/mol. The fourth-order valence-electron chi connectivity index (χ4n) is 1.75. The molecule has 1 atom stereocenters. The first-order valence-corrected chi connectivity index (χ1v) is 6.42. The van der Waals surface area contributed by atoms with Crippen molar-refractivity contribution in [2.75, 3.05) is 5.32 Å². The van der Waals surface area contributed by atoms with E-state index in [1.165, 1.54) is 6.07 Å². The van der Waals surface area contributed by atoms with Crippen LogP contribution in [0, 0.1) is 5.92 Å². The fourth-order valence-corrected chi connectivity index (χ4v) is 1.75. The molecule has 0 aliphatic rings. The molecule has 0 bridgehead atoms. The number of rotatable bonds is 4. The molecule has 0 radical (unpaired) electrons. The Balaban J connectivity index is 2.09. The van der Waals surface area contributed by atoms with E-state index in [-0.39, 0.29) is 17.4 Å². The summed E-state index contributed by atoms with van der Waals surface area (Å²) < 4.78 is 0. The van der Waals surface area contributed by atoms with Gasteiger partial charge in [-0.05, 0) is 23.6 Å². The van der Waals surface area contributed by atoms with Crippen LogP contribution in [-0.4, -0.2) is 22.1 Å². The predicted molar refractivity (Wildman–Crippen MR) is 78.3 cm³/mol. The van der Waals surface area contributed by atoms with Crippen molar-refractivity contribution < 1.29 is 4.79 Å². The normalized spacial score (nSPS) is 12.4. The number of nitrogens with two attached hydrogens (primary N) is 1. The summed E-state index contributed by atoms with van der Waals surface area (Å²) >= 11 is 0. The molecule has 6 heteroatoms. The molecule has 20 heavy (non-hydrogen) atoms. The molecule has 0 saturated heterocycles. The Labute approximate surface area is 116 Å². The lowest BCUT2D eigenvalue weighted by Gasteiger charge is -2.15. The summed E-state index contributed by atoms with van der Waals surface area (Å²) in [7, 11) is 0. The first-order chi connectivity index (χ1) is 9.47. The van der Waals surface area contributed by atoms with Gasteiger partial charge in [-0.2, -0.15) is 0 Å². The van der Waals surface area contributed by atoms with Crippen LogP contribution in [0.1, 0.15) is 13.8 Å². The number of amides is 1. The molecule has 6 nitrogen and oxygen atoms in total. The highest BCUT2D eigenvalue weighted by atomic mass is 16.2. The number of hydrogen-bond acceptors (Lipinski definition) is 3. The van der Waals surface area contributed by atoms with Crippen LogP contribution in [0.3, 0.4) is 0 Å². The van der Waals surface area contributed by atoms with Gasteiger partial charge in [0.05, 0.1) is 11.7 Å². The minimum Gasteiger partial charge on any atom is -0.325 e. The van der Waals surface area contributed by atoms with E-state index < -0.39 is 6.04 Å². The van der Waals surface area contributed by atoms with Crippen LogP contribution >= 0.6 is 0 Å². The maximum Gasteiger partial charge on any atom is 0.264 e. The standard InChI is InChI=1S/C14H18N4O2/c1-8(2)13(15)14(20)16-10-5-3-9(4-6-10)11-7-12(19)18-17-11/h3-8,13H,15H2,1-2H3,(H,16,20)(H2,17,18,19)/t13-/m0/s1. The monoisotopic (exact) mass is 274 g/mol. The van der Waals surface area contributed by atoms with Crippen LogP contribution in [0.25, 0.3) is 11.3 Å². The minimum absolute atomic E-state index is 0.0826. The van der Waals surface area contributed by atoms with Gasteiger partial charge in [0, 0.05) is 11.8 Å². The third-order valence-corrected chi connectivity index (χ3v) is 3.08. The molecule has 1 aromatic heterocycles. The number of aromatic amines is 2. The molecule has 1 aromatic carbocycles. The van der Waals surface area contributed by atoms with E-state index in [2.05, 4.69) is 15.5 Å². The van der Waals surface area contributed by atoms with Crippen LogP contribution in [0.15, 0.2) is 35.1 Å². The zero-order valence-electron chi connectivity index (χ0n) is 11.4. The molecule has 0 spiro atoms. The highest BCUT2D eigenvalue weighted by Crippen LogP contribution is 2.18. The summed E-state index contributed by atoms with van der Waals surface area (Å²) in [4.78, 5) is 22.9. The van der Waals surface area contributed by atoms with Crippen LogP contribution in [0.5, 0.6) is 0 Å². The highest BCUT2D eigenvalue weighted by Gasteiger charge is 2.17. The number of nitrogens with one attached hydrogen (secondary N) is 3. The number of hydrogen-bond donors (Lipinski definition) is 4. The maximum absolute atomic E-state index is 11.8. The van der Waals surface area contributed by atoms with Gasteiger partial charge in [0.1, 0.15) is 0 Å². The Morgan fingerprint density at radius 3 is 2.35 bits per heavy atom. The maximum atomic E-state index is 11.8. The second-order valence-electron chi connectivity index (χ2n) is 5.01. The molecule has 0 fully saturated rings. The van der Waals surface area contributed by atoms with E-state index in [1.807, 2.05) is 26.0 Å². The van der Waals surface area contributed by atoms with Gasteiger partial charge in [-0.25, -0.2) is 0 Å². The van der Waals surface area contributed by atoms with Crippen molar-refractivity contribution in [1.82, 2.24) is 10.2 Å². The third-order valence-electron chi connectivity index (χ3n) is 3.08. The zero-order chi connectivity index (χ0) is 14.7. The molecule has 2 aromatic rings. The summed E-state index contributed by atoms with van der Waals surface area (Å²) in [5.74, 6) is -0.123. The topological polar surface area (TPSA) is 104 Å². The van der Waals surface area contributed by atoms with E-state index in [1.54, 1.807) is 12.1 Å². The van der Waals surface area contributed by atoms with Gasteiger partial charge >= 0.3 is 0 Å². The van der Waals surface area contributed by atoms with Crippen molar-refractivity contribution in [2.45, 2.75) is 19.9 Å². The molecule has 1 amide bonds. The summed E-state index contributed by atoms with van der Waals surface area (Å²) in [6.45, 7) is 3.80. The lowest BCUT2D eigenvalue weighted by molar-refractivity contribution is -0.118. The van der Waals surface area contributed by atoms with Crippen molar-refractivity contribution >= 4 is 11.6 Å². The highest BCUT2D eigenvalue weighted by molar-refractivity contribution is 5.95. The number of carbonyl (C=O) groups excluding carboxylic acids is 1. The Morgan fingerprint density at radius 2 is 1.85 bits per heavy atom. The van der Waals surface area contributed by atoms with Crippen molar-refractivity contribution in [1.29, 1.82) is 0 Å². The number of anilines is 1. The Morgan fingerprint density at radius 1 is 1.20 bits per heavy atom. The van der Waals surface area contributed by atoms with Gasteiger partial charge < -0.3 is 11.1 Å². The smallest absolute Gasteiger partial charge is 0.264 e. The van der Waals surface area contributed by atoms with Crippen molar-refractivity contribution in [2.24, 2.45) is 11.7 Å². The summed E-state index contributed by atoms with van der Waals surface area (Å²) in [5.41, 5.74) is 7.83. The van der Waals surface area contributed by atoms with E-state index >= 15 is 0 Å². The van der Waals surface area contributed by atoms with Gasteiger partial charge in [-0.1, -0.05) is 26.0 Å². The molecule has 0 saturated carbocycles. The second-order valence-corrected chi connectivity index (χ2v) is 5.01. The predicted octanol–water partition coefficient (Wildman–Crippen LogP) is 1.29. The van der Waals surface area contributed by atoms with E-state index in [0.717, 1.165) is 5.56 Å². The number of benzene rings is 1. The van der Waals surface area contributed by atoms with Crippen molar-refractivity contribution in [3.8, 4) is 11.3 Å². The molecule has 5 N–H and O–H groups in total. The largest absolute Gasteiger partial charge is 0.325 e. The SMILES string of the molecule is CC(C)[C@H](N)C(=O)Nc1ccc(-c2cc(=O)[nH][nH]2)cc1. The van der Waals surface area contributed by atoms with Crippen molar-refractivity contribution in [3.63, 3.8) is 0 Å². The minimum atomic E-state index is -0.532. The Bertz CT molecular complexity index is 640. The van der Waals surface area contributed by atoms with E-state index in [0.29, 0.717) is 11.4 Å². The van der Waals surface area contributed by atoms with Crippen LogP contribution in [0.4, 0.5) is 5.69 Å². The average molecular weight is 274 g/mol. The quantitative estimate of drug-likeness (QED) is 0.675. The van der Waals surface area contributed by atoms with Gasteiger partial charge in [0.2, 0.25) is 5.91 Å². The summed E-state index contributed by atoms with van der Waals surface area (Å²) in [6.07, 6.45) is 0. The van der Waals surface area contributed by atoms with Gasteiger partial charge in [0.15, 0.2) is 0 Å². The molecule has 1 heterocycles. The fraction of sp³-hybridized carbons (Fsp3) is 0.286. The average Bonchev–Trinajstić information content (AvgIpc) is 2.85. The Hall–Kier alpha value is -2.34. The number of aromatic nitrogens is 2. The van der Waals surface area contributed by atoms with Gasteiger partial charge in [-0.15, -0.1) is 0 Å². The van der Waals surface area contributed by atoms with Crippen LogP contribution in [-0.2, 0) is 4.79 Å². The molecule has 2 rings (SSSR count). The number of carbonyl (C=O) groups is 1. The summed E-state index contributed by atoms with van der Waals surface area (Å²) in [6, 6.07) is 8.11. The second kappa shape index (κ2) is 5.75. The molecular formula is C14H18N4O2. The first kappa shape index (κ1) is 14.1. The molecule has 0 aliphatic carbocycles. The lowest BCUT2D eigenvalue weighted by Crippen LogP contribution is -2.39. The Kier molecular flexibility index (Phi) is 4.05. The van der Waals surface area contributed by atoms with E-state index in [9.17, 15) is 9.59 Å². The van der Waals surface area contributed by atoms with Crippen LogP contribution < -0.4 is 16.6 Å². The van der Waals surface area contributed by atoms with Gasteiger partial charge in [0.25, 0.3) is 5.56 Å². The van der Waals surface area contributed by atoms with Crippen LogP contribution in [0.2, 0.25) is 0 Å². The van der Waals surface area contributed by atoms with Gasteiger partial charge in [-0.3, -0.25) is 19.8 Å². The lowest BCUT2D eigenvalue weighted by atomic mass is 10.0. The van der Waals surface area contributed by atoms with Crippen molar-refractivity contribution in [3.05, 3.63) is 40.7 Å². The first-order valence-electron chi connectivity index (χ1n) is 6.42. The third kappa shape index (κ3) is 3.16. The van der Waals surface area contributed by atoms with E-state index in [4.69, 9.17) is 5.73 Å².